The molecule has 0 aliphatic carbocycles. The summed E-state index contributed by atoms with van der Waals surface area (Å²) in [6, 6.07) is 9.44. The van der Waals surface area contributed by atoms with E-state index in [4.69, 9.17) is 15.5 Å². The average Bonchev–Trinajstić information content (AvgIpc) is 3.38. The van der Waals surface area contributed by atoms with Crippen molar-refractivity contribution in [3.63, 3.8) is 0 Å². The lowest BCUT2D eigenvalue weighted by molar-refractivity contribution is -0.134. The second-order valence-electron chi connectivity index (χ2n) is 11.5. The van der Waals surface area contributed by atoms with Gasteiger partial charge in [0.25, 0.3) is 0 Å². The SMILES string of the molecule is CC(=O)C[C@@H](Cc1cncn1CCCCCCCCc1ccccc1)C(=O)N[C@@H](C)C(=O)C[C@H](C(N)=O)[C@@H](C)OP(=O)(O)O. The Bertz CT molecular complexity index is 1260. The summed E-state index contributed by atoms with van der Waals surface area (Å²) >= 11 is 0. The summed E-state index contributed by atoms with van der Waals surface area (Å²) in [5, 5.41) is 2.62. The number of phosphoric acid groups is 1. The van der Waals surface area contributed by atoms with E-state index in [0.29, 0.717) is 0 Å². The van der Waals surface area contributed by atoms with Crippen molar-refractivity contribution < 1.29 is 38.1 Å². The Morgan fingerprint density at radius 2 is 1.64 bits per heavy atom. The lowest BCUT2D eigenvalue weighted by atomic mass is 9.93. The molecule has 244 valence electrons. The Labute approximate surface area is 259 Å². The fourth-order valence-electron chi connectivity index (χ4n) is 5.13. The summed E-state index contributed by atoms with van der Waals surface area (Å²) in [5.74, 6) is -4.28. The highest BCUT2D eigenvalue weighted by atomic mass is 31.2. The first-order valence-corrected chi connectivity index (χ1v) is 16.7. The number of ketones is 2. The molecule has 2 rings (SSSR count). The van der Waals surface area contributed by atoms with E-state index >= 15 is 0 Å². The number of carbonyl (C=O) groups excluding carboxylic acids is 4. The highest BCUT2D eigenvalue weighted by Crippen LogP contribution is 2.39. The van der Waals surface area contributed by atoms with Gasteiger partial charge in [-0.15, -0.1) is 0 Å². The molecular formula is C31H47N4O8P. The first-order valence-electron chi connectivity index (χ1n) is 15.2. The topological polar surface area (TPSA) is 191 Å². The highest BCUT2D eigenvalue weighted by molar-refractivity contribution is 7.46. The van der Waals surface area contributed by atoms with E-state index in [-0.39, 0.29) is 18.6 Å². The third kappa shape index (κ3) is 14.1. The number of rotatable bonds is 22. The van der Waals surface area contributed by atoms with Crippen LogP contribution >= 0.6 is 7.82 Å². The van der Waals surface area contributed by atoms with Gasteiger partial charge in [-0.25, -0.2) is 9.55 Å². The Morgan fingerprint density at radius 3 is 2.25 bits per heavy atom. The van der Waals surface area contributed by atoms with Crippen LogP contribution in [0.2, 0.25) is 0 Å². The van der Waals surface area contributed by atoms with Crippen LogP contribution in [0.25, 0.3) is 0 Å². The maximum absolute atomic E-state index is 13.2. The molecule has 1 aromatic carbocycles. The minimum absolute atomic E-state index is 0.0298. The smallest absolute Gasteiger partial charge is 0.369 e. The van der Waals surface area contributed by atoms with E-state index in [0.717, 1.165) is 37.9 Å². The fraction of sp³-hybridized carbons (Fsp3) is 0.581. The molecule has 1 aromatic heterocycles. The average molecular weight is 635 g/mol. The number of phosphoric ester groups is 1. The number of aromatic nitrogens is 2. The number of benzene rings is 1. The second kappa shape index (κ2) is 18.6. The molecule has 0 unspecified atom stereocenters. The number of imidazole rings is 1. The van der Waals surface area contributed by atoms with Crippen LogP contribution in [-0.4, -0.2) is 54.9 Å². The van der Waals surface area contributed by atoms with E-state index in [1.54, 1.807) is 12.5 Å². The van der Waals surface area contributed by atoms with E-state index in [9.17, 15) is 23.7 Å². The number of nitrogens with two attached hydrogens (primary N) is 1. The zero-order chi connectivity index (χ0) is 32.7. The summed E-state index contributed by atoms with van der Waals surface area (Å²) in [5.41, 5.74) is 7.51. The van der Waals surface area contributed by atoms with Gasteiger partial charge in [-0.2, -0.15) is 0 Å². The number of nitrogens with one attached hydrogen (secondary N) is 1. The monoisotopic (exact) mass is 634 g/mol. The van der Waals surface area contributed by atoms with Gasteiger partial charge in [0.05, 0.1) is 30.3 Å². The number of hydrogen-bond donors (Lipinski definition) is 4. The quantitative estimate of drug-likeness (QED) is 0.111. The molecule has 2 aromatic rings. The van der Waals surface area contributed by atoms with E-state index in [1.165, 1.54) is 45.6 Å². The van der Waals surface area contributed by atoms with Crippen LogP contribution in [0.5, 0.6) is 0 Å². The van der Waals surface area contributed by atoms with Crippen molar-refractivity contribution in [3.05, 3.63) is 54.1 Å². The van der Waals surface area contributed by atoms with Gasteiger partial charge in [-0.3, -0.25) is 18.9 Å². The standard InChI is InChI=1S/C31H47N4O8P/c1-22(36)17-26(31(39)34-23(2)29(37)19-28(30(32)38)24(3)43-44(40,41)42)18-27-20-33-21-35(27)16-12-7-5-4-6-9-13-25-14-10-8-11-15-25/h8,10-11,14-15,20-21,23-24,26,28H,4-7,9,12-13,16-19H2,1-3H3,(H2,32,38)(H,34,39)(H2,40,41,42)/t23-,24+,26-,28-/m0/s1. The number of primary amides is 1. The molecule has 13 heteroatoms. The normalized spacial score (nSPS) is 14.4. The van der Waals surface area contributed by atoms with Gasteiger partial charge >= 0.3 is 7.82 Å². The van der Waals surface area contributed by atoms with Gasteiger partial charge in [0.2, 0.25) is 11.8 Å². The number of aryl methyl sites for hydroxylation is 2. The minimum atomic E-state index is -4.92. The van der Waals surface area contributed by atoms with Crippen molar-refractivity contribution in [2.75, 3.05) is 0 Å². The largest absolute Gasteiger partial charge is 0.469 e. The summed E-state index contributed by atoms with van der Waals surface area (Å²) < 4.78 is 17.7. The molecule has 0 aliphatic rings. The van der Waals surface area contributed by atoms with Gasteiger partial charge in [0.1, 0.15) is 5.78 Å². The number of unbranched alkanes of at least 4 members (excludes halogenated alkanes) is 5. The lowest BCUT2D eigenvalue weighted by Crippen LogP contribution is -2.45. The van der Waals surface area contributed by atoms with E-state index in [1.807, 2.05) is 10.6 Å². The molecule has 1 heterocycles. The van der Waals surface area contributed by atoms with Gasteiger partial charge in [-0.05, 0) is 45.6 Å². The molecule has 0 fully saturated rings. The second-order valence-corrected chi connectivity index (χ2v) is 12.6. The summed E-state index contributed by atoms with van der Waals surface area (Å²) in [6.45, 7) is 4.80. The lowest BCUT2D eigenvalue weighted by Gasteiger charge is -2.23. The highest BCUT2D eigenvalue weighted by Gasteiger charge is 2.33. The molecule has 0 saturated heterocycles. The summed E-state index contributed by atoms with van der Waals surface area (Å²) in [7, 11) is -4.92. The maximum Gasteiger partial charge on any atom is 0.469 e. The molecule has 0 radical (unpaired) electrons. The zero-order valence-corrected chi connectivity index (χ0v) is 26.8. The molecule has 2 amide bonds. The van der Waals surface area contributed by atoms with Crippen molar-refractivity contribution in [3.8, 4) is 0 Å². The van der Waals surface area contributed by atoms with Crippen molar-refractivity contribution >= 4 is 31.2 Å². The number of nitrogens with zero attached hydrogens (tertiary/aromatic N) is 2. The van der Waals surface area contributed by atoms with Gasteiger partial charge in [0.15, 0.2) is 5.78 Å². The van der Waals surface area contributed by atoms with Crippen molar-refractivity contribution in [1.29, 1.82) is 0 Å². The molecule has 0 spiro atoms. The van der Waals surface area contributed by atoms with Gasteiger partial charge in [0, 0.05) is 37.7 Å². The van der Waals surface area contributed by atoms with Gasteiger partial charge in [-0.1, -0.05) is 56.0 Å². The zero-order valence-electron chi connectivity index (χ0n) is 25.9. The number of hydrogen-bond acceptors (Lipinski definition) is 7. The van der Waals surface area contributed by atoms with E-state index in [2.05, 4.69) is 39.1 Å². The first-order chi connectivity index (χ1) is 20.8. The van der Waals surface area contributed by atoms with Crippen LogP contribution < -0.4 is 11.1 Å². The predicted octanol–water partition coefficient (Wildman–Crippen LogP) is 3.67. The molecule has 5 N–H and O–H groups in total. The van der Waals surface area contributed by atoms with Crippen LogP contribution in [0.3, 0.4) is 0 Å². The molecule has 12 nitrogen and oxygen atoms in total. The number of Topliss-reactive ketones (excluding diaryl/α,β-unsaturated/α-hetero) is 2. The van der Waals surface area contributed by atoms with Crippen LogP contribution in [0.15, 0.2) is 42.9 Å². The summed E-state index contributed by atoms with van der Waals surface area (Å²) in [4.78, 5) is 72.2. The van der Waals surface area contributed by atoms with Crippen molar-refractivity contribution in [2.24, 2.45) is 17.6 Å². The van der Waals surface area contributed by atoms with Crippen LogP contribution in [0.1, 0.15) is 83.4 Å². The predicted molar refractivity (Wildman–Crippen MR) is 165 cm³/mol. The van der Waals surface area contributed by atoms with Gasteiger partial charge < -0.3 is 30.2 Å². The third-order valence-electron chi connectivity index (χ3n) is 7.61. The molecule has 44 heavy (non-hydrogen) atoms. The van der Waals surface area contributed by atoms with E-state index < -0.39 is 55.8 Å². The number of carbonyl (C=O) groups is 4. The fourth-order valence-corrected chi connectivity index (χ4v) is 5.71. The van der Waals surface area contributed by atoms with Crippen LogP contribution in [-0.2, 0) is 47.7 Å². The first kappa shape index (κ1) is 37.0. The summed E-state index contributed by atoms with van der Waals surface area (Å²) in [6.07, 6.45) is 9.62. The Hall–Kier alpha value is -3.18. The Balaban J connectivity index is 1.86. The number of amides is 2. The molecular weight excluding hydrogens is 587 g/mol. The molecule has 0 saturated carbocycles. The third-order valence-corrected chi connectivity index (χ3v) is 8.22. The maximum atomic E-state index is 13.2. The van der Waals surface area contributed by atoms with Crippen molar-refractivity contribution in [1.82, 2.24) is 14.9 Å². The molecule has 0 bridgehead atoms. The van der Waals surface area contributed by atoms with Crippen LogP contribution in [0.4, 0.5) is 0 Å². The molecule has 0 aliphatic heterocycles. The Morgan fingerprint density at radius 1 is 1.00 bits per heavy atom. The van der Waals surface area contributed by atoms with Crippen molar-refractivity contribution in [2.45, 2.75) is 104 Å². The minimum Gasteiger partial charge on any atom is -0.369 e. The molecule has 4 atom stereocenters. The van der Waals surface area contributed by atoms with Crippen LogP contribution in [0, 0.1) is 11.8 Å². The Kier molecular flexibility index (Phi) is 15.6.